The van der Waals surface area contributed by atoms with Crippen LogP contribution in [0.5, 0.6) is 0 Å². The monoisotopic (exact) mass is 252 g/mol. The van der Waals surface area contributed by atoms with Gasteiger partial charge in [0.25, 0.3) is 5.91 Å². The van der Waals surface area contributed by atoms with Gasteiger partial charge in [-0.05, 0) is 0 Å². The van der Waals surface area contributed by atoms with Crippen molar-refractivity contribution in [3.63, 3.8) is 0 Å². The minimum Gasteiger partial charge on any atom is -0.384 e. The number of primary amides is 1. The largest absolute Gasteiger partial charge is 0.408 e. The number of methoxy groups -OCH3 is 1. The van der Waals surface area contributed by atoms with E-state index in [9.17, 15) is 18.0 Å². The number of amides is 1. The maximum atomic E-state index is 12.2. The second-order valence-corrected chi connectivity index (χ2v) is 3.26. The Morgan fingerprint density at radius 2 is 2.18 bits per heavy atom. The van der Waals surface area contributed by atoms with E-state index in [0.717, 1.165) is 0 Å². The Kier molecular flexibility index (Phi) is 4.05. The summed E-state index contributed by atoms with van der Waals surface area (Å²) in [5, 5.41) is 6.60. The number of aromatic nitrogens is 3. The molecule has 1 amide bonds. The minimum atomic E-state index is -4.44. The van der Waals surface area contributed by atoms with E-state index in [1.807, 2.05) is 0 Å². The molecule has 0 aliphatic carbocycles. The molecule has 0 bridgehead atoms. The number of hydrogen-bond acceptors (Lipinski definition) is 4. The van der Waals surface area contributed by atoms with Crippen molar-refractivity contribution in [3.05, 3.63) is 11.4 Å². The number of rotatable bonds is 5. The van der Waals surface area contributed by atoms with Crippen LogP contribution >= 0.6 is 0 Å². The highest BCUT2D eigenvalue weighted by Crippen LogP contribution is 2.19. The molecule has 0 radical (unpaired) electrons. The van der Waals surface area contributed by atoms with Crippen molar-refractivity contribution in [2.75, 3.05) is 13.7 Å². The summed E-state index contributed by atoms with van der Waals surface area (Å²) in [4.78, 5) is 10.9. The predicted molar refractivity (Wildman–Crippen MR) is 50.2 cm³/mol. The van der Waals surface area contributed by atoms with Gasteiger partial charge in [0.15, 0.2) is 5.69 Å². The maximum Gasteiger partial charge on any atom is 0.408 e. The Balaban J connectivity index is 3.00. The molecule has 1 rings (SSSR count). The summed E-state index contributed by atoms with van der Waals surface area (Å²) in [6.07, 6.45) is -4.36. The third kappa shape index (κ3) is 3.70. The quantitative estimate of drug-likeness (QED) is 0.807. The Morgan fingerprint density at radius 3 is 2.65 bits per heavy atom. The third-order valence-electron chi connectivity index (χ3n) is 1.94. The molecule has 1 aromatic rings. The van der Waals surface area contributed by atoms with Crippen LogP contribution in [0.2, 0.25) is 0 Å². The van der Waals surface area contributed by atoms with Crippen LogP contribution in [0.3, 0.4) is 0 Å². The molecule has 6 nitrogen and oxygen atoms in total. The Morgan fingerprint density at radius 1 is 1.53 bits per heavy atom. The van der Waals surface area contributed by atoms with Gasteiger partial charge >= 0.3 is 6.18 Å². The van der Waals surface area contributed by atoms with Crippen LogP contribution in [0.1, 0.15) is 16.2 Å². The Bertz CT molecular complexity index is 402. The van der Waals surface area contributed by atoms with Crippen LogP contribution in [-0.2, 0) is 17.7 Å². The van der Waals surface area contributed by atoms with Crippen LogP contribution in [0.25, 0.3) is 0 Å². The summed E-state index contributed by atoms with van der Waals surface area (Å²) in [7, 11) is 1.39. The summed E-state index contributed by atoms with van der Waals surface area (Å²) in [5.74, 6) is -0.912. The second-order valence-electron chi connectivity index (χ2n) is 3.26. The van der Waals surface area contributed by atoms with E-state index in [1.165, 1.54) is 7.11 Å². The number of carbonyl (C=O) groups is 1. The zero-order valence-corrected chi connectivity index (χ0v) is 8.99. The van der Waals surface area contributed by atoms with Gasteiger partial charge in [0.05, 0.1) is 12.3 Å². The van der Waals surface area contributed by atoms with Crippen molar-refractivity contribution in [3.8, 4) is 0 Å². The molecule has 1 heterocycles. The van der Waals surface area contributed by atoms with E-state index < -0.39 is 18.6 Å². The molecule has 9 heteroatoms. The molecule has 0 saturated heterocycles. The molecule has 0 atom stereocenters. The molecule has 0 aliphatic rings. The van der Waals surface area contributed by atoms with Gasteiger partial charge in [-0.2, -0.15) is 13.2 Å². The summed E-state index contributed by atoms with van der Waals surface area (Å²) in [6, 6.07) is 0. The number of nitrogens with zero attached hydrogens (tertiary/aromatic N) is 3. The molecule has 0 unspecified atom stereocenters. The fraction of sp³-hybridized carbons (Fsp3) is 0.625. The molecular formula is C8H11F3N4O2. The summed E-state index contributed by atoms with van der Waals surface area (Å²) in [6.45, 7) is -1.17. The summed E-state index contributed by atoms with van der Waals surface area (Å²) < 4.78 is 42.0. The van der Waals surface area contributed by atoms with Crippen LogP contribution in [0.15, 0.2) is 0 Å². The molecular weight excluding hydrogens is 241 g/mol. The molecule has 0 fully saturated rings. The van der Waals surface area contributed by atoms with E-state index in [2.05, 4.69) is 10.3 Å². The smallest absolute Gasteiger partial charge is 0.384 e. The van der Waals surface area contributed by atoms with Crippen LogP contribution < -0.4 is 5.73 Å². The van der Waals surface area contributed by atoms with E-state index in [4.69, 9.17) is 10.5 Å². The first-order valence-corrected chi connectivity index (χ1v) is 4.63. The van der Waals surface area contributed by atoms with Gasteiger partial charge in [-0.1, -0.05) is 5.21 Å². The molecule has 96 valence electrons. The molecule has 1 aromatic heterocycles. The number of hydrogen-bond donors (Lipinski definition) is 1. The van der Waals surface area contributed by atoms with Gasteiger partial charge in [0.2, 0.25) is 0 Å². The summed E-state index contributed by atoms with van der Waals surface area (Å²) in [5.41, 5.74) is 4.75. The highest BCUT2D eigenvalue weighted by atomic mass is 19.4. The lowest BCUT2D eigenvalue weighted by atomic mass is 10.2. The van der Waals surface area contributed by atoms with Gasteiger partial charge in [0.1, 0.15) is 6.54 Å². The first-order chi connectivity index (χ1) is 7.85. The third-order valence-corrected chi connectivity index (χ3v) is 1.94. The van der Waals surface area contributed by atoms with Gasteiger partial charge < -0.3 is 10.5 Å². The van der Waals surface area contributed by atoms with E-state index >= 15 is 0 Å². The van der Waals surface area contributed by atoms with Crippen LogP contribution in [-0.4, -0.2) is 40.8 Å². The number of halogens is 3. The molecule has 0 aliphatic heterocycles. The SMILES string of the molecule is COCCc1c(C(N)=O)nnn1CC(F)(F)F. The number of alkyl halides is 3. The van der Waals surface area contributed by atoms with Gasteiger partial charge in [-0.3, -0.25) is 4.79 Å². The molecule has 0 saturated carbocycles. The minimum absolute atomic E-state index is 0.0247. The zero-order chi connectivity index (χ0) is 13.1. The van der Waals surface area contributed by atoms with Gasteiger partial charge in [-0.15, -0.1) is 5.10 Å². The highest BCUT2D eigenvalue weighted by molar-refractivity contribution is 5.91. The van der Waals surface area contributed by atoms with E-state index in [0.29, 0.717) is 4.68 Å². The number of carbonyl (C=O) groups excluding carboxylic acids is 1. The van der Waals surface area contributed by atoms with Crippen molar-refractivity contribution in [2.45, 2.75) is 19.1 Å². The Hall–Kier alpha value is -1.64. The molecule has 2 N–H and O–H groups in total. The van der Waals surface area contributed by atoms with Gasteiger partial charge in [-0.25, -0.2) is 4.68 Å². The molecule has 0 aromatic carbocycles. The molecule has 0 spiro atoms. The van der Waals surface area contributed by atoms with Crippen molar-refractivity contribution in [2.24, 2.45) is 5.73 Å². The highest BCUT2D eigenvalue weighted by Gasteiger charge is 2.31. The lowest BCUT2D eigenvalue weighted by Crippen LogP contribution is -2.22. The fourth-order valence-corrected chi connectivity index (χ4v) is 1.27. The van der Waals surface area contributed by atoms with E-state index in [1.54, 1.807) is 0 Å². The van der Waals surface area contributed by atoms with Crippen molar-refractivity contribution in [1.82, 2.24) is 15.0 Å². The Labute approximate surface area is 94.5 Å². The van der Waals surface area contributed by atoms with Crippen LogP contribution in [0.4, 0.5) is 13.2 Å². The molecule has 17 heavy (non-hydrogen) atoms. The zero-order valence-electron chi connectivity index (χ0n) is 8.99. The average Bonchev–Trinajstić information content (AvgIpc) is 2.55. The fourth-order valence-electron chi connectivity index (χ4n) is 1.27. The number of nitrogens with two attached hydrogens (primary N) is 1. The van der Waals surface area contributed by atoms with Crippen molar-refractivity contribution >= 4 is 5.91 Å². The van der Waals surface area contributed by atoms with Gasteiger partial charge in [0, 0.05) is 13.5 Å². The van der Waals surface area contributed by atoms with E-state index in [-0.39, 0.29) is 24.4 Å². The maximum absolute atomic E-state index is 12.2. The normalized spacial score (nSPS) is 11.8. The number of ether oxygens (including phenoxy) is 1. The summed E-state index contributed by atoms with van der Waals surface area (Å²) >= 11 is 0. The van der Waals surface area contributed by atoms with Crippen LogP contribution in [0, 0.1) is 0 Å². The average molecular weight is 252 g/mol. The lowest BCUT2D eigenvalue weighted by Gasteiger charge is -2.09. The predicted octanol–water partition coefficient (Wildman–Crippen LogP) is 0.128. The standard InChI is InChI=1S/C8H11F3N4O2/c1-17-3-2-5-6(7(12)16)13-14-15(5)4-8(9,10)11/h2-4H2,1H3,(H2,12,16). The topological polar surface area (TPSA) is 83.0 Å². The van der Waals surface area contributed by atoms with Crippen molar-refractivity contribution in [1.29, 1.82) is 0 Å². The van der Waals surface area contributed by atoms with Crippen molar-refractivity contribution < 1.29 is 22.7 Å². The lowest BCUT2D eigenvalue weighted by molar-refractivity contribution is -0.143. The first kappa shape index (κ1) is 13.4. The first-order valence-electron chi connectivity index (χ1n) is 4.63. The second kappa shape index (κ2) is 5.13.